The molecule has 1 aromatic rings. The third-order valence-electron chi connectivity index (χ3n) is 12.0. The molecule has 4 heterocycles. The number of carbonyl (C=O) groups is 4. The molecule has 15 nitrogen and oxygen atoms in total. The second-order valence-corrected chi connectivity index (χ2v) is 16.5. The second-order valence-electron chi connectivity index (χ2n) is 16.5. The van der Waals surface area contributed by atoms with E-state index in [9.17, 15) is 24.3 Å². The molecule has 2 bridgehead atoms. The molecule has 3 N–H and O–H groups in total. The molecule has 0 spiro atoms. The molecular formula is C40H61N3O12. The number of para-hydroxylation sites is 1. The zero-order chi connectivity index (χ0) is 40.4. The maximum atomic E-state index is 14.4. The molecule has 0 aliphatic carbocycles. The van der Waals surface area contributed by atoms with E-state index < -0.39 is 95.9 Å². The van der Waals surface area contributed by atoms with Crippen LogP contribution in [-0.4, -0.2) is 127 Å². The Hall–Kier alpha value is -3.50. The normalized spacial score (nSPS) is 42.1. The Balaban J connectivity index is 1.64. The topological polar surface area (TPSA) is 180 Å². The van der Waals surface area contributed by atoms with Gasteiger partial charge >= 0.3 is 18.2 Å². The molecule has 0 aromatic heterocycles. The van der Waals surface area contributed by atoms with Gasteiger partial charge in [-0.3, -0.25) is 9.59 Å². The number of cyclic esters (lactones) is 1. The van der Waals surface area contributed by atoms with E-state index in [1.54, 1.807) is 46.8 Å². The van der Waals surface area contributed by atoms with Crippen molar-refractivity contribution in [1.29, 1.82) is 0 Å². The Bertz CT molecular complexity index is 1510. The summed E-state index contributed by atoms with van der Waals surface area (Å²) in [5.41, 5.74) is -2.95. The van der Waals surface area contributed by atoms with Crippen LogP contribution in [0, 0.1) is 23.7 Å². The standard InChI is InChI=1S/C40H61N3O12/c1-11-29-40(8)33(42-38(48)55-40)23(4)30(44)21(2)18-39(7)34(53-36-31(45)28(43(9)10)17-22(3)50-36)24(5)32(25(6)35(46)52-29)49-20-27(19-41-37(47)54-39)51-26-15-13-12-14-16-26/h12-16,21-25,27-29,31-34,36,45H,11,17-20H2,1-10H3,(H,41,47)(H,42,48)/t21-,22-,23+,24+,25-,27?,28+,29-,31-,32+,33+,34-,36+,39-,40-/m1/s1. The number of Topliss-reactive ketones (excluding diaryl/α,β-unsaturated/α-hetero) is 1. The summed E-state index contributed by atoms with van der Waals surface area (Å²) in [6.45, 7) is 14.0. The van der Waals surface area contributed by atoms with E-state index in [1.807, 2.05) is 58.0 Å². The van der Waals surface area contributed by atoms with Crippen LogP contribution in [0.1, 0.15) is 74.7 Å². The van der Waals surface area contributed by atoms with Gasteiger partial charge in [-0.05, 0) is 73.2 Å². The van der Waals surface area contributed by atoms with Gasteiger partial charge in [-0.2, -0.15) is 0 Å². The molecule has 4 saturated heterocycles. The summed E-state index contributed by atoms with van der Waals surface area (Å²) in [5, 5.41) is 17.3. The van der Waals surface area contributed by atoms with E-state index in [1.165, 1.54) is 0 Å². The van der Waals surface area contributed by atoms with Gasteiger partial charge in [0.25, 0.3) is 0 Å². The van der Waals surface area contributed by atoms with Crippen molar-refractivity contribution in [2.45, 2.75) is 141 Å². The number of carbonyl (C=O) groups excluding carboxylic acids is 4. The number of alkyl carbamates (subject to hydrolysis) is 2. The van der Waals surface area contributed by atoms with Gasteiger partial charge in [0.1, 0.15) is 41.5 Å². The summed E-state index contributed by atoms with van der Waals surface area (Å²) in [6.07, 6.45) is -6.94. The molecule has 4 aliphatic heterocycles. The van der Waals surface area contributed by atoms with Crippen molar-refractivity contribution in [3.05, 3.63) is 30.3 Å². The first-order valence-electron chi connectivity index (χ1n) is 19.6. The quantitative estimate of drug-likeness (QED) is 0.281. The van der Waals surface area contributed by atoms with E-state index in [0.717, 1.165) is 0 Å². The van der Waals surface area contributed by atoms with Crippen LogP contribution in [0.3, 0.4) is 0 Å². The summed E-state index contributed by atoms with van der Waals surface area (Å²) in [7, 11) is 3.73. The molecule has 308 valence electrons. The summed E-state index contributed by atoms with van der Waals surface area (Å²) in [4.78, 5) is 57.4. The number of aliphatic hydroxyl groups excluding tert-OH is 1. The van der Waals surface area contributed by atoms with E-state index in [0.29, 0.717) is 18.6 Å². The average molecular weight is 776 g/mol. The number of ketones is 1. The van der Waals surface area contributed by atoms with Crippen LogP contribution in [0.15, 0.2) is 30.3 Å². The van der Waals surface area contributed by atoms with Gasteiger partial charge in [0.2, 0.25) is 0 Å². The van der Waals surface area contributed by atoms with Crippen molar-refractivity contribution in [2.24, 2.45) is 23.7 Å². The van der Waals surface area contributed by atoms with Gasteiger partial charge in [-0.15, -0.1) is 0 Å². The van der Waals surface area contributed by atoms with E-state index in [4.69, 9.17) is 33.2 Å². The fraction of sp³-hybridized carbons (Fsp3) is 0.750. The molecule has 0 radical (unpaired) electrons. The zero-order valence-electron chi connectivity index (χ0n) is 33.8. The molecule has 2 amide bonds. The minimum Gasteiger partial charge on any atom is -0.486 e. The Labute approximate surface area is 324 Å². The number of ether oxygens (including phenoxy) is 7. The van der Waals surface area contributed by atoms with Gasteiger partial charge in [-0.1, -0.05) is 45.9 Å². The number of benzene rings is 1. The van der Waals surface area contributed by atoms with Gasteiger partial charge < -0.3 is 53.8 Å². The van der Waals surface area contributed by atoms with E-state index >= 15 is 0 Å². The van der Waals surface area contributed by atoms with E-state index in [2.05, 4.69) is 10.6 Å². The zero-order valence-corrected chi connectivity index (χ0v) is 33.8. The molecule has 0 saturated carbocycles. The fourth-order valence-electron chi connectivity index (χ4n) is 9.01. The molecule has 55 heavy (non-hydrogen) atoms. The molecular weight excluding hydrogens is 714 g/mol. The van der Waals surface area contributed by atoms with Crippen molar-refractivity contribution in [2.75, 3.05) is 27.2 Å². The van der Waals surface area contributed by atoms with E-state index in [-0.39, 0.29) is 37.5 Å². The third-order valence-corrected chi connectivity index (χ3v) is 12.0. The lowest BCUT2D eigenvalue weighted by atomic mass is 9.73. The number of fused-ring (bicyclic) bond motifs is 4. The van der Waals surface area contributed by atoms with Crippen molar-refractivity contribution in [3.8, 4) is 5.75 Å². The predicted octanol–water partition coefficient (Wildman–Crippen LogP) is 3.84. The smallest absolute Gasteiger partial charge is 0.408 e. The SMILES string of the molecule is CC[C@H]1OC(=O)[C@H](C)[C@H]2OCC(Oc3ccccc3)CNC(=O)O[C@](C)(C[C@@H](C)C(=O)[C@H](C)[C@@H]3NC(=O)O[C@]13C)[C@H](O[C@@H]1O[C@H](C)C[C@H](N(C)C)[C@H]1O)[C@H]2C. The first-order valence-corrected chi connectivity index (χ1v) is 19.6. The third kappa shape index (κ3) is 9.22. The van der Waals surface area contributed by atoms with Crippen molar-refractivity contribution in [1.82, 2.24) is 15.5 Å². The maximum Gasteiger partial charge on any atom is 0.408 e. The highest BCUT2D eigenvalue weighted by Gasteiger charge is 2.58. The number of hydrogen-bond donors (Lipinski definition) is 3. The fourth-order valence-corrected chi connectivity index (χ4v) is 9.01. The molecule has 5 rings (SSSR count). The summed E-state index contributed by atoms with van der Waals surface area (Å²) in [5.74, 6) is -3.56. The lowest BCUT2D eigenvalue weighted by Crippen LogP contribution is -2.61. The molecule has 1 aromatic carbocycles. The average Bonchev–Trinajstić information content (AvgIpc) is 3.44. The number of rotatable bonds is 6. The summed E-state index contributed by atoms with van der Waals surface area (Å²) < 4.78 is 44.4. The van der Waals surface area contributed by atoms with Crippen molar-refractivity contribution in [3.63, 3.8) is 0 Å². The van der Waals surface area contributed by atoms with Crippen molar-refractivity contribution < 1.29 is 57.4 Å². The lowest BCUT2D eigenvalue weighted by Gasteiger charge is -2.48. The first-order chi connectivity index (χ1) is 25.9. The number of likely N-dealkylation sites (N-methyl/N-ethyl adjacent to an activating group) is 1. The monoisotopic (exact) mass is 775 g/mol. The highest BCUT2D eigenvalue weighted by molar-refractivity contribution is 5.85. The number of amides is 2. The predicted molar refractivity (Wildman–Crippen MR) is 199 cm³/mol. The molecule has 4 fully saturated rings. The Morgan fingerprint density at radius 3 is 2.31 bits per heavy atom. The van der Waals surface area contributed by atoms with Crippen LogP contribution in [0.5, 0.6) is 5.75 Å². The van der Waals surface area contributed by atoms with Crippen LogP contribution >= 0.6 is 0 Å². The largest absolute Gasteiger partial charge is 0.486 e. The van der Waals surface area contributed by atoms with Crippen molar-refractivity contribution >= 4 is 23.9 Å². The number of esters is 1. The highest BCUT2D eigenvalue weighted by Crippen LogP contribution is 2.42. The summed E-state index contributed by atoms with van der Waals surface area (Å²) >= 11 is 0. The maximum absolute atomic E-state index is 14.4. The highest BCUT2D eigenvalue weighted by atomic mass is 16.7. The minimum absolute atomic E-state index is 0.0117. The molecule has 1 unspecified atom stereocenters. The number of nitrogens with zero attached hydrogens (tertiary/aromatic N) is 1. The van der Waals surface area contributed by atoms with Crippen LogP contribution in [0.25, 0.3) is 0 Å². The van der Waals surface area contributed by atoms with Crippen LogP contribution in [0.4, 0.5) is 9.59 Å². The number of aliphatic hydroxyl groups is 1. The van der Waals surface area contributed by atoms with Gasteiger partial charge in [0.15, 0.2) is 11.9 Å². The second kappa shape index (κ2) is 17.3. The first kappa shape index (κ1) is 42.6. The molecule has 15 atom stereocenters. The Morgan fingerprint density at radius 2 is 1.65 bits per heavy atom. The number of hydrogen-bond acceptors (Lipinski definition) is 13. The molecule has 15 heteroatoms. The van der Waals surface area contributed by atoms with Gasteiger partial charge in [0.05, 0.1) is 37.3 Å². The number of nitrogens with one attached hydrogen (secondary N) is 2. The summed E-state index contributed by atoms with van der Waals surface area (Å²) in [6, 6.07) is 7.92. The Morgan fingerprint density at radius 1 is 0.964 bits per heavy atom. The van der Waals surface area contributed by atoms with Crippen LogP contribution < -0.4 is 15.4 Å². The van der Waals surface area contributed by atoms with Crippen LogP contribution in [0.2, 0.25) is 0 Å². The Kier molecular flexibility index (Phi) is 13.4. The molecule has 4 aliphatic rings. The van der Waals surface area contributed by atoms with Gasteiger partial charge in [-0.25, -0.2) is 9.59 Å². The lowest BCUT2D eigenvalue weighted by molar-refractivity contribution is -0.299. The minimum atomic E-state index is -1.57. The van der Waals surface area contributed by atoms with Gasteiger partial charge in [0, 0.05) is 23.8 Å². The van der Waals surface area contributed by atoms with Crippen LogP contribution in [-0.2, 0) is 38.0 Å².